The molecule has 1 aromatic heterocycles. The van der Waals surface area contributed by atoms with E-state index in [1.165, 1.54) is 0 Å². The minimum Gasteiger partial charge on any atom is -0.480 e. The lowest BCUT2D eigenvalue weighted by atomic mass is 10.2. The fourth-order valence-electron chi connectivity index (χ4n) is 2.40. The van der Waals surface area contributed by atoms with E-state index in [2.05, 4.69) is 5.10 Å². The number of carboxylic acids is 1. The first-order valence-corrected chi connectivity index (χ1v) is 5.76. The molecule has 1 N–H and O–H groups in total. The van der Waals surface area contributed by atoms with E-state index in [0.717, 1.165) is 4.68 Å². The molecule has 1 aromatic rings. The number of nitrogens with zero attached hydrogens (tertiary/aromatic N) is 2. The number of rotatable bonds is 3. The maximum atomic E-state index is 12.8. The first kappa shape index (κ1) is 12.9. The highest BCUT2D eigenvalue weighted by atomic mass is 19.4. The van der Waals surface area contributed by atoms with Gasteiger partial charge in [-0.15, -0.1) is 0 Å². The van der Waals surface area contributed by atoms with Gasteiger partial charge in [-0.25, -0.2) is 4.79 Å². The monoisotopic (exact) mass is 262 g/mol. The molecule has 0 bridgehead atoms. The predicted molar refractivity (Wildman–Crippen MR) is 56.2 cm³/mol. The average Bonchev–Trinajstić information content (AvgIpc) is 2.79. The van der Waals surface area contributed by atoms with Gasteiger partial charge in [0.1, 0.15) is 6.04 Å². The van der Waals surface area contributed by atoms with Crippen molar-refractivity contribution >= 4 is 5.97 Å². The fourth-order valence-corrected chi connectivity index (χ4v) is 2.40. The van der Waals surface area contributed by atoms with Crippen LogP contribution in [-0.2, 0) is 23.8 Å². The molecule has 1 aliphatic carbocycles. The number of aliphatic carboxylic acids is 1. The maximum absolute atomic E-state index is 12.8. The SMILES string of the molecule is CCC(C(=O)O)n1nc(C(F)(F)F)c2c1CCC2. The summed E-state index contributed by atoms with van der Waals surface area (Å²) in [6.07, 6.45) is -2.91. The molecule has 0 amide bonds. The third-order valence-corrected chi connectivity index (χ3v) is 3.19. The van der Waals surface area contributed by atoms with E-state index in [1.807, 2.05) is 0 Å². The van der Waals surface area contributed by atoms with Gasteiger partial charge in [0.05, 0.1) is 0 Å². The van der Waals surface area contributed by atoms with E-state index in [1.54, 1.807) is 6.92 Å². The van der Waals surface area contributed by atoms with Gasteiger partial charge in [0.25, 0.3) is 0 Å². The topological polar surface area (TPSA) is 55.1 Å². The molecule has 0 saturated carbocycles. The molecule has 0 saturated heterocycles. The number of carboxylic acid groups (broad SMARTS) is 1. The zero-order valence-corrected chi connectivity index (χ0v) is 9.79. The Morgan fingerprint density at radius 1 is 1.50 bits per heavy atom. The summed E-state index contributed by atoms with van der Waals surface area (Å²) in [6, 6.07) is -1.02. The molecule has 18 heavy (non-hydrogen) atoms. The summed E-state index contributed by atoms with van der Waals surface area (Å²) >= 11 is 0. The Balaban J connectivity index is 2.53. The van der Waals surface area contributed by atoms with Crippen molar-refractivity contribution in [1.29, 1.82) is 0 Å². The van der Waals surface area contributed by atoms with E-state index in [4.69, 9.17) is 5.11 Å². The highest BCUT2D eigenvalue weighted by molar-refractivity contribution is 5.71. The minimum atomic E-state index is -4.52. The molecule has 1 heterocycles. The van der Waals surface area contributed by atoms with Gasteiger partial charge in [-0.1, -0.05) is 6.92 Å². The standard InChI is InChI=1S/C11H13F3N2O2/c1-2-7(10(17)18)16-8-5-3-4-6(8)9(15-16)11(12,13)14/h7H,2-5H2,1H3,(H,17,18). The van der Waals surface area contributed by atoms with Gasteiger partial charge < -0.3 is 5.11 Å². The van der Waals surface area contributed by atoms with Gasteiger partial charge in [0, 0.05) is 11.3 Å². The normalized spacial score (nSPS) is 16.7. The molecular formula is C11H13F3N2O2. The molecule has 0 radical (unpaired) electrons. The van der Waals surface area contributed by atoms with Crippen molar-refractivity contribution < 1.29 is 23.1 Å². The van der Waals surface area contributed by atoms with Crippen molar-refractivity contribution in [1.82, 2.24) is 9.78 Å². The summed E-state index contributed by atoms with van der Waals surface area (Å²) in [5, 5.41) is 12.5. The molecule has 0 spiro atoms. The second-order valence-corrected chi connectivity index (χ2v) is 4.33. The van der Waals surface area contributed by atoms with Crippen LogP contribution in [0.5, 0.6) is 0 Å². The molecule has 4 nitrogen and oxygen atoms in total. The van der Waals surface area contributed by atoms with E-state index in [0.29, 0.717) is 25.0 Å². The van der Waals surface area contributed by atoms with E-state index in [-0.39, 0.29) is 12.0 Å². The van der Waals surface area contributed by atoms with Gasteiger partial charge >= 0.3 is 12.1 Å². The van der Waals surface area contributed by atoms with Crippen LogP contribution in [0.2, 0.25) is 0 Å². The third-order valence-electron chi connectivity index (χ3n) is 3.19. The minimum absolute atomic E-state index is 0.169. The molecule has 1 aliphatic rings. The molecule has 0 aliphatic heterocycles. The molecule has 7 heteroatoms. The van der Waals surface area contributed by atoms with E-state index in [9.17, 15) is 18.0 Å². The summed E-state index contributed by atoms with van der Waals surface area (Å²) in [5.74, 6) is -1.15. The molecule has 0 aromatic carbocycles. The van der Waals surface area contributed by atoms with Crippen molar-refractivity contribution in [3.63, 3.8) is 0 Å². The van der Waals surface area contributed by atoms with Crippen LogP contribution in [0.1, 0.15) is 42.8 Å². The van der Waals surface area contributed by atoms with Crippen LogP contribution in [0.25, 0.3) is 0 Å². The second-order valence-electron chi connectivity index (χ2n) is 4.33. The van der Waals surface area contributed by atoms with Crippen molar-refractivity contribution in [2.75, 3.05) is 0 Å². The number of hydrogen-bond acceptors (Lipinski definition) is 2. The molecule has 1 atom stereocenters. The van der Waals surface area contributed by atoms with Gasteiger partial charge in [-0.2, -0.15) is 18.3 Å². The first-order chi connectivity index (χ1) is 8.36. The smallest absolute Gasteiger partial charge is 0.435 e. The second kappa shape index (κ2) is 4.29. The summed E-state index contributed by atoms with van der Waals surface area (Å²) in [6.45, 7) is 1.62. The maximum Gasteiger partial charge on any atom is 0.435 e. The lowest BCUT2D eigenvalue weighted by Crippen LogP contribution is -2.22. The molecule has 0 fully saturated rings. The van der Waals surface area contributed by atoms with Gasteiger partial charge in [-0.3, -0.25) is 4.68 Å². The quantitative estimate of drug-likeness (QED) is 0.910. The Hall–Kier alpha value is -1.53. The zero-order valence-electron chi connectivity index (χ0n) is 9.79. The van der Waals surface area contributed by atoms with Crippen molar-refractivity contribution in [3.8, 4) is 0 Å². The van der Waals surface area contributed by atoms with Crippen LogP contribution >= 0.6 is 0 Å². The number of hydrogen-bond donors (Lipinski definition) is 1. The molecule has 100 valence electrons. The van der Waals surface area contributed by atoms with E-state index >= 15 is 0 Å². The fraction of sp³-hybridized carbons (Fsp3) is 0.636. The molecular weight excluding hydrogens is 249 g/mol. The van der Waals surface area contributed by atoms with Crippen LogP contribution in [0.4, 0.5) is 13.2 Å². The predicted octanol–water partition coefficient (Wildman–Crippen LogP) is 2.43. The Bertz CT molecular complexity index is 479. The van der Waals surface area contributed by atoms with Gasteiger partial charge in [0.2, 0.25) is 0 Å². The summed E-state index contributed by atoms with van der Waals surface area (Å²) in [5.41, 5.74) is -0.325. The van der Waals surface area contributed by atoms with Crippen LogP contribution in [-0.4, -0.2) is 20.9 Å². The number of fused-ring (bicyclic) bond motifs is 1. The summed E-state index contributed by atoms with van der Waals surface area (Å²) < 4.78 is 39.5. The molecule has 2 rings (SSSR count). The Morgan fingerprint density at radius 2 is 2.17 bits per heavy atom. The largest absolute Gasteiger partial charge is 0.480 e. The van der Waals surface area contributed by atoms with Crippen LogP contribution in [0.3, 0.4) is 0 Å². The lowest BCUT2D eigenvalue weighted by molar-refractivity contribution is -0.145. The van der Waals surface area contributed by atoms with Crippen molar-refractivity contribution in [3.05, 3.63) is 17.0 Å². The van der Waals surface area contributed by atoms with Crippen LogP contribution < -0.4 is 0 Å². The van der Waals surface area contributed by atoms with Crippen molar-refractivity contribution in [2.45, 2.75) is 44.8 Å². The highest BCUT2D eigenvalue weighted by Crippen LogP contribution is 2.37. The Morgan fingerprint density at radius 3 is 2.67 bits per heavy atom. The number of alkyl halides is 3. The summed E-state index contributed by atoms with van der Waals surface area (Å²) in [4.78, 5) is 11.0. The number of halogens is 3. The number of carbonyl (C=O) groups is 1. The highest BCUT2D eigenvalue weighted by Gasteiger charge is 2.41. The summed E-state index contributed by atoms with van der Waals surface area (Å²) in [7, 11) is 0. The first-order valence-electron chi connectivity index (χ1n) is 5.76. The lowest BCUT2D eigenvalue weighted by Gasteiger charge is -2.13. The van der Waals surface area contributed by atoms with Crippen LogP contribution in [0.15, 0.2) is 0 Å². The molecule has 1 unspecified atom stereocenters. The number of aromatic nitrogens is 2. The Labute approximate surface area is 101 Å². The zero-order chi connectivity index (χ0) is 13.5. The average molecular weight is 262 g/mol. The van der Waals surface area contributed by atoms with E-state index < -0.39 is 23.9 Å². The van der Waals surface area contributed by atoms with Crippen molar-refractivity contribution in [2.24, 2.45) is 0 Å². The van der Waals surface area contributed by atoms with Gasteiger partial charge in [0.15, 0.2) is 5.69 Å². The Kier molecular flexibility index (Phi) is 3.08. The third kappa shape index (κ3) is 1.97. The van der Waals surface area contributed by atoms with Gasteiger partial charge in [-0.05, 0) is 25.7 Å². The van der Waals surface area contributed by atoms with Crippen LogP contribution in [0, 0.1) is 0 Å².